The normalized spacial score (nSPS) is 13.1. The van der Waals surface area contributed by atoms with E-state index in [4.69, 9.17) is 0 Å². The maximum atomic E-state index is 11.2. The molecule has 92 valence electrons. The Hall–Kier alpha value is -1.49. The molecule has 1 rings (SSSR count). The number of rotatable bonds is 5. The molecule has 0 aromatic heterocycles. The molecule has 1 aromatic carbocycles. The van der Waals surface area contributed by atoms with Crippen molar-refractivity contribution in [3.8, 4) is 0 Å². The van der Waals surface area contributed by atoms with Gasteiger partial charge in [-0.1, -0.05) is 30.3 Å². The largest absolute Gasteiger partial charge is 0.480 e. The second kappa shape index (κ2) is 5.23. The Labute approximate surface area is 104 Å². The van der Waals surface area contributed by atoms with Gasteiger partial charge in [0.05, 0.1) is 5.25 Å². The molecule has 1 unspecified atom stereocenters. The average Bonchev–Trinajstić information content (AvgIpc) is 2.30. The molecular formula is C12H14O4S. The molecule has 0 aliphatic heterocycles. The number of hydrogen-bond acceptors (Lipinski definition) is 3. The lowest BCUT2D eigenvalue weighted by atomic mass is 9.83. The highest BCUT2D eigenvalue weighted by Crippen LogP contribution is 2.43. The first-order valence-electron chi connectivity index (χ1n) is 4.99. The zero-order valence-corrected chi connectivity index (χ0v) is 10.4. The van der Waals surface area contributed by atoms with Crippen LogP contribution in [-0.4, -0.2) is 28.4 Å². The predicted octanol–water partition coefficient (Wildman–Crippen LogP) is 2.27. The van der Waals surface area contributed by atoms with Crippen LogP contribution in [0.1, 0.15) is 17.7 Å². The molecule has 0 spiro atoms. The predicted molar refractivity (Wildman–Crippen MR) is 66.1 cm³/mol. The van der Waals surface area contributed by atoms with Crippen LogP contribution in [0.25, 0.3) is 0 Å². The highest BCUT2D eigenvalue weighted by Gasteiger charge is 2.49. The van der Waals surface area contributed by atoms with Crippen molar-refractivity contribution in [3.63, 3.8) is 0 Å². The molecule has 0 saturated heterocycles. The van der Waals surface area contributed by atoms with E-state index in [2.05, 4.69) is 0 Å². The summed E-state index contributed by atoms with van der Waals surface area (Å²) in [6.45, 7) is 1.24. The number of hydrogen-bond donors (Lipinski definition) is 2. The van der Waals surface area contributed by atoms with Gasteiger partial charge in [-0.2, -0.15) is 11.8 Å². The number of carbonyl (C=O) groups is 2. The second-order valence-corrected chi connectivity index (χ2v) is 4.78. The van der Waals surface area contributed by atoms with Gasteiger partial charge >= 0.3 is 11.9 Å². The molecule has 0 fully saturated rings. The summed E-state index contributed by atoms with van der Waals surface area (Å²) < 4.78 is 0. The summed E-state index contributed by atoms with van der Waals surface area (Å²) >= 11 is 1.22. The zero-order chi connectivity index (χ0) is 13.1. The molecule has 4 nitrogen and oxygen atoms in total. The van der Waals surface area contributed by atoms with Crippen LogP contribution in [0.2, 0.25) is 0 Å². The van der Waals surface area contributed by atoms with Gasteiger partial charge in [0.25, 0.3) is 0 Å². The van der Waals surface area contributed by atoms with Crippen molar-refractivity contribution in [2.24, 2.45) is 5.41 Å². The van der Waals surface area contributed by atoms with Gasteiger partial charge in [-0.15, -0.1) is 0 Å². The lowest BCUT2D eigenvalue weighted by molar-refractivity contribution is -0.163. The van der Waals surface area contributed by atoms with Crippen LogP contribution in [0.3, 0.4) is 0 Å². The smallest absolute Gasteiger partial charge is 0.322 e. The molecule has 0 amide bonds. The van der Waals surface area contributed by atoms with E-state index in [1.807, 2.05) is 0 Å². The highest BCUT2D eigenvalue weighted by atomic mass is 32.2. The first-order chi connectivity index (χ1) is 7.94. The molecule has 0 aliphatic carbocycles. The van der Waals surface area contributed by atoms with E-state index in [1.165, 1.54) is 18.7 Å². The highest BCUT2D eigenvalue weighted by molar-refractivity contribution is 7.98. The van der Waals surface area contributed by atoms with Gasteiger partial charge in [-0.3, -0.25) is 9.59 Å². The molecule has 0 bridgehead atoms. The van der Waals surface area contributed by atoms with Crippen molar-refractivity contribution < 1.29 is 19.8 Å². The first-order valence-corrected chi connectivity index (χ1v) is 6.28. The Morgan fingerprint density at radius 2 is 1.65 bits per heavy atom. The van der Waals surface area contributed by atoms with Gasteiger partial charge in [-0.25, -0.2) is 0 Å². The third-order valence-corrected chi connectivity index (χ3v) is 3.97. The van der Waals surface area contributed by atoms with Crippen LogP contribution in [-0.2, 0) is 9.59 Å². The molecule has 0 heterocycles. The van der Waals surface area contributed by atoms with Crippen LogP contribution >= 0.6 is 11.8 Å². The number of carboxylic acids is 2. The molecule has 0 saturated carbocycles. The van der Waals surface area contributed by atoms with Crippen molar-refractivity contribution in [2.45, 2.75) is 12.2 Å². The van der Waals surface area contributed by atoms with Gasteiger partial charge < -0.3 is 10.2 Å². The standard InChI is InChI=1S/C12H14O4S/c1-12(10(13)14,11(15)16)9(17-2)8-6-4-3-5-7-8/h3-7,9H,1-2H3,(H,13,14)(H,15,16). The molecule has 0 aliphatic rings. The Bertz CT molecular complexity index is 402. The average molecular weight is 254 g/mol. The summed E-state index contributed by atoms with van der Waals surface area (Å²) in [6.07, 6.45) is 1.71. The molecule has 2 N–H and O–H groups in total. The van der Waals surface area contributed by atoms with E-state index in [-0.39, 0.29) is 0 Å². The number of thioether (sulfide) groups is 1. The van der Waals surface area contributed by atoms with Crippen molar-refractivity contribution in [2.75, 3.05) is 6.26 Å². The Morgan fingerprint density at radius 3 is 2.00 bits per heavy atom. The quantitative estimate of drug-likeness (QED) is 0.788. The van der Waals surface area contributed by atoms with E-state index >= 15 is 0 Å². The van der Waals surface area contributed by atoms with E-state index in [0.29, 0.717) is 5.56 Å². The van der Waals surface area contributed by atoms with Crippen LogP contribution < -0.4 is 0 Å². The third kappa shape index (κ3) is 2.44. The summed E-state index contributed by atoms with van der Waals surface area (Å²) in [5.41, 5.74) is -1.13. The van der Waals surface area contributed by atoms with Gasteiger partial charge in [0.15, 0.2) is 5.41 Å². The number of carboxylic acid groups (broad SMARTS) is 2. The maximum absolute atomic E-state index is 11.2. The summed E-state index contributed by atoms with van der Waals surface area (Å²) in [5.74, 6) is -2.65. The van der Waals surface area contributed by atoms with Gasteiger partial charge in [0.1, 0.15) is 0 Å². The van der Waals surface area contributed by atoms with Crippen molar-refractivity contribution in [1.29, 1.82) is 0 Å². The summed E-state index contributed by atoms with van der Waals surface area (Å²) in [5, 5.41) is 17.7. The van der Waals surface area contributed by atoms with E-state index in [9.17, 15) is 19.8 Å². The van der Waals surface area contributed by atoms with Crippen LogP contribution in [0, 0.1) is 5.41 Å². The van der Waals surface area contributed by atoms with Gasteiger partial charge in [0.2, 0.25) is 0 Å². The lowest BCUT2D eigenvalue weighted by Crippen LogP contribution is -2.40. The SMILES string of the molecule is CSC(c1ccccc1)C(C)(C(=O)O)C(=O)O. The summed E-state index contributed by atoms with van der Waals surface area (Å²) in [4.78, 5) is 22.5. The van der Waals surface area contributed by atoms with E-state index < -0.39 is 22.6 Å². The Morgan fingerprint density at radius 1 is 1.18 bits per heavy atom. The second-order valence-electron chi connectivity index (χ2n) is 3.84. The Kier molecular flexibility index (Phi) is 4.17. The van der Waals surface area contributed by atoms with E-state index in [1.54, 1.807) is 36.6 Å². The van der Waals surface area contributed by atoms with E-state index in [0.717, 1.165) is 0 Å². The maximum Gasteiger partial charge on any atom is 0.322 e. The van der Waals surface area contributed by atoms with Gasteiger partial charge in [0, 0.05) is 0 Å². The lowest BCUT2D eigenvalue weighted by Gasteiger charge is -2.29. The van der Waals surface area contributed by atoms with Gasteiger partial charge in [-0.05, 0) is 18.7 Å². The fourth-order valence-electron chi connectivity index (χ4n) is 1.65. The molecule has 1 atom stereocenters. The molecule has 5 heteroatoms. The molecular weight excluding hydrogens is 240 g/mol. The monoisotopic (exact) mass is 254 g/mol. The third-order valence-electron chi connectivity index (χ3n) is 2.75. The van der Waals surface area contributed by atoms with Crippen molar-refractivity contribution in [3.05, 3.63) is 35.9 Å². The summed E-state index contributed by atoms with van der Waals surface area (Å²) in [7, 11) is 0. The topological polar surface area (TPSA) is 74.6 Å². The molecule has 0 radical (unpaired) electrons. The number of aliphatic carboxylic acids is 2. The minimum absolute atomic E-state index is 0.626. The fraction of sp³-hybridized carbons (Fsp3) is 0.333. The van der Waals surface area contributed by atoms with Crippen LogP contribution in [0.4, 0.5) is 0 Å². The number of benzene rings is 1. The summed E-state index contributed by atoms with van der Waals surface area (Å²) in [6, 6.07) is 8.82. The van der Waals surface area contributed by atoms with Crippen molar-refractivity contribution >= 4 is 23.7 Å². The molecule has 17 heavy (non-hydrogen) atoms. The minimum Gasteiger partial charge on any atom is -0.480 e. The molecule has 1 aromatic rings. The van der Waals surface area contributed by atoms with Crippen molar-refractivity contribution in [1.82, 2.24) is 0 Å². The fourth-order valence-corrected chi connectivity index (χ4v) is 2.75. The van der Waals surface area contributed by atoms with Crippen LogP contribution in [0.15, 0.2) is 30.3 Å². The minimum atomic E-state index is -1.83. The van der Waals surface area contributed by atoms with Crippen LogP contribution in [0.5, 0.6) is 0 Å². The zero-order valence-electron chi connectivity index (χ0n) is 9.58. The Balaban J connectivity index is 3.25. The first kappa shape index (κ1) is 13.6.